The van der Waals surface area contributed by atoms with E-state index in [4.69, 9.17) is 20.8 Å². The number of hydrogen-bond acceptors (Lipinski definition) is 4. The highest BCUT2D eigenvalue weighted by Crippen LogP contribution is 2.21. The van der Waals surface area contributed by atoms with E-state index in [0.717, 1.165) is 0 Å². The normalized spacial score (nSPS) is 19.3. The highest BCUT2D eigenvalue weighted by Gasteiger charge is 2.34. The molecule has 1 N–H and O–H groups in total. The highest BCUT2D eigenvalue weighted by molar-refractivity contribution is 6.32. The molecular formula is C12H15ClN2O4. The van der Waals surface area contributed by atoms with Gasteiger partial charge in [0.1, 0.15) is 6.04 Å². The van der Waals surface area contributed by atoms with Crippen molar-refractivity contribution in [2.75, 3.05) is 26.3 Å². The van der Waals surface area contributed by atoms with Gasteiger partial charge in [0, 0.05) is 13.1 Å². The van der Waals surface area contributed by atoms with Crippen LogP contribution in [-0.4, -0.2) is 49.1 Å². The summed E-state index contributed by atoms with van der Waals surface area (Å²) in [5.74, 6) is -0.548. The number of ether oxygens (including phenoxy) is 1. The van der Waals surface area contributed by atoms with Crippen LogP contribution < -0.4 is 5.32 Å². The lowest BCUT2D eigenvalue weighted by atomic mass is 10.1. The topological polar surface area (TPSA) is 71.8 Å². The van der Waals surface area contributed by atoms with Crippen molar-refractivity contribution in [3.05, 3.63) is 23.1 Å². The molecule has 1 fully saturated rings. The third kappa shape index (κ3) is 2.90. The predicted molar refractivity (Wildman–Crippen MR) is 68.0 cm³/mol. The van der Waals surface area contributed by atoms with Crippen LogP contribution in [0.25, 0.3) is 0 Å². The second-order valence-electron chi connectivity index (χ2n) is 4.09. The maximum Gasteiger partial charge on any atom is 0.259 e. The minimum atomic E-state index is -0.632. The molecule has 0 aromatic carbocycles. The largest absolute Gasteiger partial charge is 0.452 e. The average molecular weight is 287 g/mol. The molecular weight excluding hydrogens is 272 g/mol. The molecule has 1 aliphatic heterocycles. The van der Waals surface area contributed by atoms with Gasteiger partial charge in [-0.15, -0.1) is 0 Å². The number of hydrogen-bond donors (Lipinski definition) is 1. The van der Waals surface area contributed by atoms with Crippen molar-refractivity contribution in [3.63, 3.8) is 0 Å². The number of carbonyl (C=O) groups excluding carboxylic acids is 2. The van der Waals surface area contributed by atoms with Gasteiger partial charge in [-0.25, -0.2) is 0 Å². The Morgan fingerprint density at radius 1 is 1.58 bits per heavy atom. The second kappa shape index (κ2) is 6.08. The first-order valence-corrected chi connectivity index (χ1v) is 6.42. The minimum absolute atomic E-state index is 0.0335. The van der Waals surface area contributed by atoms with Crippen molar-refractivity contribution in [1.82, 2.24) is 10.2 Å². The van der Waals surface area contributed by atoms with Crippen molar-refractivity contribution >= 4 is 23.4 Å². The zero-order chi connectivity index (χ0) is 13.8. The monoisotopic (exact) mass is 286 g/mol. The number of likely N-dealkylation sites (N-methyl/N-ethyl adjacent to an activating group) is 1. The predicted octanol–water partition coefficient (Wildman–Crippen LogP) is 0.910. The number of halogens is 1. The second-order valence-corrected chi connectivity index (χ2v) is 4.44. The molecule has 0 bridgehead atoms. The average Bonchev–Trinajstić information content (AvgIpc) is 2.84. The lowest BCUT2D eigenvalue weighted by molar-refractivity contribution is -0.130. The third-order valence-electron chi connectivity index (χ3n) is 2.89. The Labute approximate surface area is 115 Å². The Bertz CT molecular complexity index is 474. The third-order valence-corrected chi connectivity index (χ3v) is 3.18. The summed E-state index contributed by atoms with van der Waals surface area (Å²) in [5.41, 5.74) is 0.262. The summed E-state index contributed by atoms with van der Waals surface area (Å²) in [4.78, 5) is 25.7. The maximum atomic E-state index is 12.3. The molecule has 19 heavy (non-hydrogen) atoms. The molecule has 1 aromatic heterocycles. The summed E-state index contributed by atoms with van der Waals surface area (Å²) >= 11 is 5.80. The molecule has 0 radical (unpaired) electrons. The van der Waals surface area contributed by atoms with Crippen LogP contribution in [0.5, 0.6) is 0 Å². The van der Waals surface area contributed by atoms with Crippen molar-refractivity contribution < 1.29 is 18.7 Å². The Kier molecular flexibility index (Phi) is 4.44. The smallest absolute Gasteiger partial charge is 0.259 e. The Balaban J connectivity index is 2.18. The van der Waals surface area contributed by atoms with Gasteiger partial charge in [0.05, 0.1) is 25.0 Å². The summed E-state index contributed by atoms with van der Waals surface area (Å²) in [6.45, 7) is 3.26. The Morgan fingerprint density at radius 3 is 3.00 bits per heavy atom. The summed E-state index contributed by atoms with van der Waals surface area (Å²) < 4.78 is 10.2. The van der Waals surface area contributed by atoms with Gasteiger partial charge in [0.15, 0.2) is 0 Å². The van der Waals surface area contributed by atoms with E-state index in [1.807, 2.05) is 6.92 Å². The Morgan fingerprint density at radius 2 is 2.37 bits per heavy atom. The fourth-order valence-electron chi connectivity index (χ4n) is 1.96. The number of furan rings is 1. The van der Waals surface area contributed by atoms with Crippen LogP contribution in [0.4, 0.5) is 0 Å². The Hall–Kier alpha value is -1.53. The number of morpholine rings is 1. The first-order chi connectivity index (χ1) is 9.15. The van der Waals surface area contributed by atoms with Gasteiger partial charge < -0.3 is 19.4 Å². The van der Waals surface area contributed by atoms with E-state index in [0.29, 0.717) is 19.7 Å². The zero-order valence-electron chi connectivity index (χ0n) is 10.5. The molecule has 6 nitrogen and oxygen atoms in total. The molecule has 0 saturated carbocycles. The maximum absolute atomic E-state index is 12.3. The molecule has 1 unspecified atom stereocenters. The summed E-state index contributed by atoms with van der Waals surface area (Å²) in [7, 11) is 0. The van der Waals surface area contributed by atoms with E-state index in [2.05, 4.69) is 5.32 Å². The van der Waals surface area contributed by atoms with Crippen molar-refractivity contribution in [2.24, 2.45) is 0 Å². The summed E-state index contributed by atoms with van der Waals surface area (Å²) in [5, 5.41) is 2.72. The molecule has 1 aliphatic rings. The fourth-order valence-corrected chi connectivity index (χ4v) is 2.15. The molecule has 1 atom stereocenters. The lowest BCUT2D eigenvalue weighted by Crippen LogP contribution is -2.55. The van der Waals surface area contributed by atoms with Gasteiger partial charge >= 0.3 is 0 Å². The summed E-state index contributed by atoms with van der Waals surface area (Å²) in [6, 6.07) is 0.863. The van der Waals surface area contributed by atoms with Crippen LogP contribution in [0.2, 0.25) is 5.22 Å². The SMILES string of the molecule is CCNC(=O)C1COCCN1C(=O)c1ccoc1Cl. The van der Waals surface area contributed by atoms with Crippen LogP contribution >= 0.6 is 11.6 Å². The number of rotatable bonds is 3. The number of carbonyl (C=O) groups is 2. The molecule has 7 heteroatoms. The van der Waals surface area contributed by atoms with E-state index in [1.165, 1.54) is 17.2 Å². The van der Waals surface area contributed by atoms with Crippen molar-refractivity contribution in [2.45, 2.75) is 13.0 Å². The van der Waals surface area contributed by atoms with Crippen LogP contribution in [0, 0.1) is 0 Å². The summed E-state index contributed by atoms with van der Waals surface area (Å²) in [6.07, 6.45) is 1.34. The van der Waals surface area contributed by atoms with E-state index in [1.54, 1.807) is 0 Å². The van der Waals surface area contributed by atoms with E-state index in [9.17, 15) is 9.59 Å². The molecule has 1 aromatic rings. The number of nitrogens with one attached hydrogen (secondary N) is 1. The first kappa shape index (κ1) is 13.9. The van der Waals surface area contributed by atoms with Crippen molar-refractivity contribution in [3.8, 4) is 0 Å². The quantitative estimate of drug-likeness (QED) is 0.896. The van der Waals surface area contributed by atoms with Gasteiger partial charge in [0.25, 0.3) is 5.91 Å². The van der Waals surface area contributed by atoms with Crippen LogP contribution in [-0.2, 0) is 9.53 Å². The van der Waals surface area contributed by atoms with E-state index < -0.39 is 6.04 Å². The first-order valence-electron chi connectivity index (χ1n) is 6.04. The van der Waals surface area contributed by atoms with Crippen molar-refractivity contribution in [1.29, 1.82) is 0 Å². The molecule has 104 valence electrons. The van der Waals surface area contributed by atoms with Gasteiger partial charge in [-0.1, -0.05) is 0 Å². The zero-order valence-corrected chi connectivity index (χ0v) is 11.3. The fraction of sp³-hybridized carbons (Fsp3) is 0.500. The molecule has 0 spiro atoms. The number of amides is 2. The highest BCUT2D eigenvalue weighted by atomic mass is 35.5. The van der Waals surface area contributed by atoms with Gasteiger partial charge in [-0.05, 0) is 24.6 Å². The molecule has 2 rings (SSSR count). The van der Waals surface area contributed by atoms with Crippen LogP contribution in [0.3, 0.4) is 0 Å². The van der Waals surface area contributed by atoms with E-state index >= 15 is 0 Å². The van der Waals surface area contributed by atoms with Gasteiger partial charge in [-0.3, -0.25) is 9.59 Å². The molecule has 2 amide bonds. The van der Waals surface area contributed by atoms with Gasteiger partial charge in [-0.2, -0.15) is 0 Å². The molecule has 2 heterocycles. The number of nitrogens with zero attached hydrogens (tertiary/aromatic N) is 1. The van der Waals surface area contributed by atoms with Crippen LogP contribution in [0.1, 0.15) is 17.3 Å². The molecule has 1 saturated heterocycles. The standard InChI is InChI=1S/C12H15ClN2O4/c1-2-14-11(16)9-7-18-6-4-15(9)12(17)8-3-5-19-10(8)13/h3,5,9H,2,4,6-7H2,1H3,(H,14,16). The van der Waals surface area contributed by atoms with E-state index in [-0.39, 0.29) is 29.2 Å². The van der Waals surface area contributed by atoms with Gasteiger partial charge in [0.2, 0.25) is 11.1 Å². The molecule has 0 aliphatic carbocycles. The van der Waals surface area contributed by atoms with Crippen LogP contribution in [0.15, 0.2) is 16.7 Å². The lowest BCUT2D eigenvalue weighted by Gasteiger charge is -2.34. The minimum Gasteiger partial charge on any atom is -0.452 e.